The van der Waals surface area contributed by atoms with E-state index in [0.717, 1.165) is 11.1 Å². The highest BCUT2D eigenvalue weighted by Gasteiger charge is 2.26. The van der Waals surface area contributed by atoms with Gasteiger partial charge in [0.25, 0.3) is 0 Å². The summed E-state index contributed by atoms with van der Waals surface area (Å²) in [5.41, 5.74) is 1.89. The van der Waals surface area contributed by atoms with Gasteiger partial charge in [-0.2, -0.15) is 0 Å². The van der Waals surface area contributed by atoms with E-state index in [1.807, 2.05) is 37.3 Å². The molecule has 1 saturated heterocycles. The first-order chi connectivity index (χ1) is 13.5. The highest BCUT2D eigenvalue weighted by molar-refractivity contribution is 5.77. The van der Waals surface area contributed by atoms with Gasteiger partial charge in [-0.3, -0.25) is 4.79 Å². The zero-order chi connectivity index (χ0) is 19.9. The number of rotatable bonds is 5. The maximum absolute atomic E-state index is 13.0. The van der Waals surface area contributed by atoms with Crippen molar-refractivity contribution in [3.8, 4) is 0 Å². The van der Waals surface area contributed by atoms with Crippen LogP contribution in [0.15, 0.2) is 54.6 Å². The lowest BCUT2D eigenvalue weighted by Gasteiger charge is -2.34. The van der Waals surface area contributed by atoms with Crippen molar-refractivity contribution in [3.05, 3.63) is 71.5 Å². The number of halogens is 1. The second-order valence-corrected chi connectivity index (χ2v) is 7.06. The summed E-state index contributed by atoms with van der Waals surface area (Å²) in [4.78, 5) is 28.2. The Balaban J connectivity index is 1.43. The molecule has 148 valence electrons. The van der Waals surface area contributed by atoms with Gasteiger partial charge >= 0.3 is 6.09 Å². The fourth-order valence-corrected chi connectivity index (χ4v) is 3.25. The van der Waals surface area contributed by atoms with Crippen LogP contribution in [-0.2, 0) is 16.1 Å². The molecule has 2 amide bonds. The van der Waals surface area contributed by atoms with Gasteiger partial charge in [0, 0.05) is 32.6 Å². The summed E-state index contributed by atoms with van der Waals surface area (Å²) < 4.78 is 18.4. The van der Waals surface area contributed by atoms with E-state index in [0.29, 0.717) is 32.6 Å². The smallest absolute Gasteiger partial charge is 0.410 e. The highest BCUT2D eigenvalue weighted by atomic mass is 19.1. The van der Waals surface area contributed by atoms with Gasteiger partial charge in [0.05, 0.1) is 0 Å². The summed E-state index contributed by atoms with van der Waals surface area (Å²) in [7, 11) is 0. The molecule has 1 heterocycles. The van der Waals surface area contributed by atoms with E-state index in [2.05, 4.69) is 0 Å². The van der Waals surface area contributed by atoms with E-state index >= 15 is 0 Å². The normalized spacial score (nSPS) is 15.2. The van der Waals surface area contributed by atoms with Crippen LogP contribution < -0.4 is 0 Å². The zero-order valence-corrected chi connectivity index (χ0v) is 16.0. The number of nitrogens with zero attached hydrogens (tertiary/aromatic N) is 2. The van der Waals surface area contributed by atoms with E-state index in [4.69, 9.17) is 4.74 Å². The number of ether oxygens (including phenoxy) is 1. The second kappa shape index (κ2) is 9.35. The van der Waals surface area contributed by atoms with Crippen molar-refractivity contribution in [1.29, 1.82) is 0 Å². The Morgan fingerprint density at radius 1 is 0.964 bits per heavy atom. The molecule has 1 aliphatic rings. The van der Waals surface area contributed by atoms with E-state index in [-0.39, 0.29) is 30.3 Å². The molecular weight excluding hydrogens is 359 g/mol. The summed E-state index contributed by atoms with van der Waals surface area (Å²) in [5.74, 6) is -0.214. The standard InChI is InChI=1S/C22H25FN2O3/c1-17(19-7-9-20(23)10-8-19)15-21(26)24-11-13-25(14-12-24)22(27)28-16-18-5-3-2-4-6-18/h2-10,17H,11-16H2,1H3. The lowest BCUT2D eigenvalue weighted by molar-refractivity contribution is -0.133. The Hall–Kier alpha value is -2.89. The molecule has 0 aromatic heterocycles. The molecule has 1 atom stereocenters. The summed E-state index contributed by atoms with van der Waals surface area (Å²) in [6, 6.07) is 15.8. The first-order valence-electron chi connectivity index (χ1n) is 9.52. The number of carbonyl (C=O) groups is 2. The summed E-state index contributed by atoms with van der Waals surface area (Å²) in [6.07, 6.45) is 0.0139. The Morgan fingerprint density at radius 3 is 2.21 bits per heavy atom. The Labute approximate surface area is 164 Å². The van der Waals surface area contributed by atoms with Crippen LogP contribution in [0.1, 0.15) is 30.4 Å². The molecule has 5 nitrogen and oxygen atoms in total. The van der Waals surface area contributed by atoms with E-state index in [1.54, 1.807) is 21.9 Å². The molecule has 0 bridgehead atoms. The maximum Gasteiger partial charge on any atom is 0.410 e. The van der Waals surface area contributed by atoms with Crippen LogP contribution in [0.3, 0.4) is 0 Å². The van der Waals surface area contributed by atoms with Crippen molar-refractivity contribution in [2.45, 2.75) is 25.9 Å². The molecule has 0 spiro atoms. The quantitative estimate of drug-likeness (QED) is 0.788. The second-order valence-electron chi connectivity index (χ2n) is 7.06. The first-order valence-corrected chi connectivity index (χ1v) is 9.52. The largest absolute Gasteiger partial charge is 0.445 e. The van der Waals surface area contributed by atoms with E-state index < -0.39 is 0 Å². The predicted octanol–water partition coefficient (Wildman–Crippen LogP) is 3.80. The van der Waals surface area contributed by atoms with Crippen molar-refractivity contribution in [3.63, 3.8) is 0 Å². The van der Waals surface area contributed by atoms with Crippen molar-refractivity contribution in [2.24, 2.45) is 0 Å². The first kappa shape index (κ1) is 19.9. The molecule has 1 unspecified atom stereocenters. The fourth-order valence-electron chi connectivity index (χ4n) is 3.25. The highest BCUT2D eigenvalue weighted by Crippen LogP contribution is 2.21. The monoisotopic (exact) mass is 384 g/mol. The lowest BCUT2D eigenvalue weighted by atomic mass is 9.97. The number of carbonyl (C=O) groups excluding carboxylic acids is 2. The topological polar surface area (TPSA) is 49.9 Å². The maximum atomic E-state index is 13.0. The molecule has 0 aliphatic carbocycles. The number of benzene rings is 2. The molecule has 2 aromatic rings. The van der Waals surface area contributed by atoms with Crippen molar-refractivity contribution < 1.29 is 18.7 Å². The third-order valence-corrected chi connectivity index (χ3v) is 5.02. The molecule has 3 rings (SSSR count). The zero-order valence-electron chi connectivity index (χ0n) is 16.0. The molecule has 1 aliphatic heterocycles. The van der Waals surface area contributed by atoms with Crippen LogP contribution in [0.2, 0.25) is 0 Å². The number of hydrogen-bond donors (Lipinski definition) is 0. The van der Waals surface area contributed by atoms with Crippen molar-refractivity contribution >= 4 is 12.0 Å². The van der Waals surface area contributed by atoms with Crippen LogP contribution in [0.4, 0.5) is 9.18 Å². The van der Waals surface area contributed by atoms with Gasteiger partial charge < -0.3 is 14.5 Å². The van der Waals surface area contributed by atoms with Gasteiger partial charge in [-0.15, -0.1) is 0 Å². The van der Waals surface area contributed by atoms with Crippen LogP contribution >= 0.6 is 0 Å². The molecule has 0 N–H and O–H groups in total. The third kappa shape index (κ3) is 5.31. The fraction of sp³-hybridized carbons (Fsp3) is 0.364. The SMILES string of the molecule is CC(CC(=O)N1CCN(C(=O)OCc2ccccc2)CC1)c1ccc(F)cc1. The van der Waals surface area contributed by atoms with Gasteiger partial charge in [0.2, 0.25) is 5.91 Å². The molecule has 6 heteroatoms. The molecular formula is C22H25FN2O3. The molecule has 1 fully saturated rings. The van der Waals surface area contributed by atoms with Crippen LogP contribution in [0, 0.1) is 5.82 Å². The summed E-state index contributed by atoms with van der Waals surface area (Å²) in [6.45, 7) is 4.12. The van der Waals surface area contributed by atoms with Gasteiger partial charge in [0.1, 0.15) is 12.4 Å². The number of hydrogen-bond acceptors (Lipinski definition) is 3. The van der Waals surface area contributed by atoms with E-state index in [1.165, 1.54) is 12.1 Å². The Kier molecular flexibility index (Phi) is 6.63. The minimum Gasteiger partial charge on any atom is -0.445 e. The molecule has 0 radical (unpaired) electrons. The minimum absolute atomic E-state index is 0.0157. The number of amides is 2. The summed E-state index contributed by atoms with van der Waals surface area (Å²) >= 11 is 0. The number of piperazine rings is 1. The van der Waals surface area contributed by atoms with E-state index in [9.17, 15) is 14.0 Å². The van der Waals surface area contributed by atoms with Gasteiger partial charge in [-0.1, -0.05) is 49.4 Å². The van der Waals surface area contributed by atoms with Crippen molar-refractivity contribution in [1.82, 2.24) is 9.80 Å². The molecule has 0 saturated carbocycles. The van der Waals surface area contributed by atoms with Crippen LogP contribution in [0.5, 0.6) is 0 Å². The lowest BCUT2D eigenvalue weighted by Crippen LogP contribution is -2.50. The Bertz CT molecular complexity index is 787. The van der Waals surface area contributed by atoms with Crippen molar-refractivity contribution in [2.75, 3.05) is 26.2 Å². The Morgan fingerprint density at radius 2 is 1.57 bits per heavy atom. The minimum atomic E-state index is -0.351. The molecule has 28 heavy (non-hydrogen) atoms. The third-order valence-electron chi connectivity index (χ3n) is 5.02. The average molecular weight is 384 g/mol. The summed E-state index contributed by atoms with van der Waals surface area (Å²) in [5, 5.41) is 0. The molecule has 2 aromatic carbocycles. The van der Waals surface area contributed by atoms with Crippen LogP contribution in [-0.4, -0.2) is 48.0 Å². The van der Waals surface area contributed by atoms with Crippen LogP contribution in [0.25, 0.3) is 0 Å². The van der Waals surface area contributed by atoms with Gasteiger partial charge in [-0.25, -0.2) is 9.18 Å². The van der Waals surface area contributed by atoms with Gasteiger partial charge in [-0.05, 0) is 29.2 Å². The van der Waals surface area contributed by atoms with Gasteiger partial charge in [0.15, 0.2) is 0 Å². The average Bonchev–Trinajstić information content (AvgIpc) is 2.73. The predicted molar refractivity (Wildman–Crippen MR) is 104 cm³/mol.